The number of nitrogens with zero attached hydrogens (tertiary/aromatic N) is 1. The molecule has 4 atom stereocenters. The van der Waals surface area contributed by atoms with Gasteiger partial charge in [-0.1, -0.05) is 32.6 Å². The minimum atomic E-state index is -0.782. The third-order valence-corrected chi connectivity index (χ3v) is 5.43. The van der Waals surface area contributed by atoms with E-state index in [1.54, 1.807) is 4.90 Å². The second-order valence-corrected chi connectivity index (χ2v) is 7.37. The molecule has 2 fully saturated rings. The summed E-state index contributed by atoms with van der Waals surface area (Å²) in [7, 11) is 1.83. The molecule has 1 aliphatic carbocycles. The number of fused-ring (bicyclic) bond motifs is 1. The van der Waals surface area contributed by atoms with E-state index < -0.39 is 5.97 Å². The number of likely N-dealkylation sites (N-methyl/N-ethyl adjacent to an activating group) is 1. The normalized spacial score (nSPS) is 31.1. The SMILES string of the molecule is CCCCC1CC2CCCCC2C(OCCN(C)CC(=O)O)N1. The monoisotopic (exact) mass is 326 g/mol. The van der Waals surface area contributed by atoms with Gasteiger partial charge in [0.1, 0.15) is 6.23 Å². The molecule has 23 heavy (non-hydrogen) atoms. The topological polar surface area (TPSA) is 61.8 Å². The zero-order valence-electron chi connectivity index (χ0n) is 14.8. The number of aliphatic carboxylic acids is 1. The summed E-state index contributed by atoms with van der Waals surface area (Å²) >= 11 is 0. The second-order valence-electron chi connectivity index (χ2n) is 7.37. The van der Waals surface area contributed by atoms with E-state index in [9.17, 15) is 4.79 Å². The minimum absolute atomic E-state index is 0.0760. The molecule has 0 amide bonds. The molecule has 0 radical (unpaired) electrons. The predicted octanol–water partition coefficient (Wildman–Crippen LogP) is 2.70. The average Bonchev–Trinajstić information content (AvgIpc) is 2.52. The molecule has 134 valence electrons. The van der Waals surface area contributed by atoms with E-state index in [0.29, 0.717) is 25.1 Å². The van der Waals surface area contributed by atoms with Crippen molar-refractivity contribution in [3.63, 3.8) is 0 Å². The molecule has 5 heteroatoms. The second kappa shape index (κ2) is 9.60. The van der Waals surface area contributed by atoms with Gasteiger partial charge in [-0.05, 0) is 38.6 Å². The van der Waals surface area contributed by atoms with Crippen molar-refractivity contribution in [2.45, 2.75) is 70.6 Å². The predicted molar refractivity (Wildman–Crippen MR) is 91.4 cm³/mol. The molecule has 1 heterocycles. The van der Waals surface area contributed by atoms with Crippen molar-refractivity contribution in [3.8, 4) is 0 Å². The highest BCUT2D eigenvalue weighted by molar-refractivity contribution is 5.68. The number of piperidine rings is 1. The first kappa shape index (κ1) is 18.7. The van der Waals surface area contributed by atoms with Gasteiger partial charge in [0.05, 0.1) is 13.2 Å². The molecule has 2 aliphatic rings. The van der Waals surface area contributed by atoms with Gasteiger partial charge in [0.25, 0.3) is 0 Å². The fraction of sp³-hybridized carbons (Fsp3) is 0.944. The van der Waals surface area contributed by atoms with Gasteiger partial charge in [-0.25, -0.2) is 0 Å². The van der Waals surface area contributed by atoms with Crippen molar-refractivity contribution >= 4 is 5.97 Å². The van der Waals surface area contributed by atoms with Crippen LogP contribution >= 0.6 is 0 Å². The maximum Gasteiger partial charge on any atom is 0.317 e. The van der Waals surface area contributed by atoms with Gasteiger partial charge in [-0.15, -0.1) is 0 Å². The lowest BCUT2D eigenvalue weighted by Gasteiger charge is -2.45. The number of rotatable bonds is 9. The number of nitrogens with one attached hydrogen (secondary N) is 1. The fourth-order valence-electron chi connectivity index (χ4n) is 4.19. The number of carbonyl (C=O) groups is 1. The lowest BCUT2D eigenvalue weighted by Crippen LogP contribution is -2.54. The molecule has 2 N–H and O–H groups in total. The van der Waals surface area contributed by atoms with Crippen LogP contribution in [0.5, 0.6) is 0 Å². The Bertz CT molecular complexity index is 364. The number of ether oxygens (including phenoxy) is 1. The van der Waals surface area contributed by atoms with E-state index in [0.717, 1.165) is 5.92 Å². The van der Waals surface area contributed by atoms with Crippen molar-refractivity contribution in [3.05, 3.63) is 0 Å². The third-order valence-electron chi connectivity index (χ3n) is 5.43. The minimum Gasteiger partial charge on any atom is -0.480 e. The molecular weight excluding hydrogens is 292 g/mol. The zero-order valence-corrected chi connectivity index (χ0v) is 14.8. The quantitative estimate of drug-likeness (QED) is 0.682. The maximum absolute atomic E-state index is 10.7. The third kappa shape index (κ3) is 6.05. The van der Waals surface area contributed by atoms with E-state index in [4.69, 9.17) is 9.84 Å². The molecular formula is C18H34N2O3. The van der Waals surface area contributed by atoms with Gasteiger partial charge in [-0.3, -0.25) is 15.0 Å². The van der Waals surface area contributed by atoms with Crippen molar-refractivity contribution < 1.29 is 14.6 Å². The number of unbranched alkanes of at least 4 members (excludes halogenated alkanes) is 1. The van der Waals surface area contributed by atoms with Crippen LogP contribution in [-0.2, 0) is 9.53 Å². The lowest BCUT2D eigenvalue weighted by atomic mass is 9.72. The molecule has 5 nitrogen and oxygen atoms in total. The Labute approximate surface area is 140 Å². The van der Waals surface area contributed by atoms with Crippen molar-refractivity contribution in [2.75, 3.05) is 26.7 Å². The molecule has 1 saturated carbocycles. The van der Waals surface area contributed by atoms with Gasteiger partial charge in [0, 0.05) is 18.5 Å². The Morgan fingerprint density at radius 3 is 2.87 bits per heavy atom. The first-order valence-corrected chi connectivity index (χ1v) is 9.38. The fourth-order valence-corrected chi connectivity index (χ4v) is 4.19. The lowest BCUT2D eigenvalue weighted by molar-refractivity contribution is -0.138. The highest BCUT2D eigenvalue weighted by Gasteiger charge is 2.38. The van der Waals surface area contributed by atoms with Crippen molar-refractivity contribution in [1.82, 2.24) is 10.2 Å². The van der Waals surface area contributed by atoms with E-state index in [1.165, 1.54) is 51.4 Å². The summed E-state index contributed by atoms with van der Waals surface area (Å²) in [5.41, 5.74) is 0. The molecule has 0 aromatic carbocycles. The number of carboxylic acid groups (broad SMARTS) is 1. The van der Waals surface area contributed by atoms with Gasteiger partial charge in [-0.2, -0.15) is 0 Å². The summed E-state index contributed by atoms with van der Waals surface area (Å²) in [6.07, 6.45) is 10.6. The Balaban J connectivity index is 1.82. The van der Waals surface area contributed by atoms with Gasteiger partial charge < -0.3 is 9.84 Å². The summed E-state index contributed by atoms with van der Waals surface area (Å²) in [6, 6.07) is 0.594. The van der Waals surface area contributed by atoms with Crippen LogP contribution in [0.4, 0.5) is 0 Å². The van der Waals surface area contributed by atoms with Crippen LogP contribution in [0, 0.1) is 11.8 Å². The van der Waals surface area contributed by atoms with Crippen LogP contribution < -0.4 is 5.32 Å². The van der Waals surface area contributed by atoms with Crippen LogP contribution in [0.25, 0.3) is 0 Å². The van der Waals surface area contributed by atoms with Crippen molar-refractivity contribution in [2.24, 2.45) is 11.8 Å². The van der Waals surface area contributed by atoms with Crippen LogP contribution in [-0.4, -0.2) is 55.0 Å². The standard InChI is InChI=1S/C18H34N2O3/c1-3-4-8-15-12-14-7-5-6-9-16(14)18(19-15)23-11-10-20(2)13-17(21)22/h14-16,18-19H,3-13H2,1-2H3,(H,21,22). The molecule has 1 saturated heterocycles. The molecule has 0 bridgehead atoms. The first-order chi connectivity index (χ1) is 11.1. The maximum atomic E-state index is 10.7. The van der Waals surface area contributed by atoms with E-state index in [2.05, 4.69) is 12.2 Å². The Morgan fingerprint density at radius 2 is 2.13 bits per heavy atom. The Hall–Kier alpha value is -0.650. The van der Waals surface area contributed by atoms with Crippen LogP contribution in [0.3, 0.4) is 0 Å². The summed E-state index contributed by atoms with van der Waals surface area (Å²) in [4.78, 5) is 12.5. The van der Waals surface area contributed by atoms with Gasteiger partial charge >= 0.3 is 5.97 Å². The zero-order chi connectivity index (χ0) is 16.7. The largest absolute Gasteiger partial charge is 0.480 e. The van der Waals surface area contributed by atoms with E-state index >= 15 is 0 Å². The van der Waals surface area contributed by atoms with Gasteiger partial charge in [0.15, 0.2) is 0 Å². The first-order valence-electron chi connectivity index (χ1n) is 9.38. The molecule has 0 spiro atoms. The molecule has 0 aromatic heterocycles. The molecule has 2 rings (SSSR count). The molecule has 4 unspecified atom stereocenters. The summed E-state index contributed by atoms with van der Waals surface area (Å²) in [5, 5.41) is 12.6. The van der Waals surface area contributed by atoms with Crippen molar-refractivity contribution in [1.29, 1.82) is 0 Å². The van der Waals surface area contributed by atoms with E-state index in [1.807, 2.05) is 7.05 Å². The molecule has 0 aromatic rings. The number of hydrogen-bond donors (Lipinski definition) is 2. The Kier molecular flexibility index (Phi) is 7.80. The van der Waals surface area contributed by atoms with Gasteiger partial charge in [0.2, 0.25) is 0 Å². The number of hydrogen-bond acceptors (Lipinski definition) is 4. The average molecular weight is 326 g/mol. The van der Waals surface area contributed by atoms with Crippen LogP contribution in [0.15, 0.2) is 0 Å². The van der Waals surface area contributed by atoms with Crippen LogP contribution in [0.1, 0.15) is 58.3 Å². The number of carboxylic acids is 1. The van der Waals surface area contributed by atoms with E-state index in [-0.39, 0.29) is 12.8 Å². The highest BCUT2D eigenvalue weighted by Crippen LogP contribution is 2.39. The summed E-state index contributed by atoms with van der Waals surface area (Å²) < 4.78 is 6.17. The van der Waals surface area contributed by atoms with Crippen LogP contribution in [0.2, 0.25) is 0 Å². The Morgan fingerprint density at radius 1 is 1.35 bits per heavy atom. The summed E-state index contributed by atoms with van der Waals surface area (Å²) in [5.74, 6) is 0.676. The molecule has 1 aliphatic heterocycles. The highest BCUT2D eigenvalue weighted by atomic mass is 16.5. The smallest absolute Gasteiger partial charge is 0.317 e. The summed E-state index contributed by atoms with van der Waals surface area (Å²) in [6.45, 7) is 3.60.